The van der Waals surface area contributed by atoms with Crippen LogP contribution in [0.3, 0.4) is 0 Å². The minimum absolute atomic E-state index is 0.0157. The van der Waals surface area contributed by atoms with Gasteiger partial charge in [-0.25, -0.2) is 4.79 Å². The molecule has 0 saturated carbocycles. The molecule has 8 heteroatoms. The average molecular weight is 382 g/mol. The molecule has 1 heterocycles. The highest BCUT2D eigenvalue weighted by Crippen LogP contribution is 2.19. The summed E-state index contributed by atoms with van der Waals surface area (Å²) in [6, 6.07) is 11.4. The van der Waals surface area contributed by atoms with Crippen molar-refractivity contribution in [1.82, 2.24) is 10.2 Å². The van der Waals surface area contributed by atoms with Gasteiger partial charge in [0.15, 0.2) is 0 Å². The van der Waals surface area contributed by atoms with Gasteiger partial charge < -0.3 is 15.5 Å². The zero-order valence-electron chi connectivity index (χ0n) is 15.6. The van der Waals surface area contributed by atoms with E-state index in [1.165, 1.54) is 18.2 Å². The SMILES string of the molecule is Cc1cc(C(=O)NCc2cccc(NC(=O)N3CCCC3)c2)ccc1[N+](=O)[O-]. The van der Waals surface area contributed by atoms with Crippen LogP contribution in [0, 0.1) is 17.0 Å². The van der Waals surface area contributed by atoms with E-state index in [1.807, 2.05) is 18.2 Å². The van der Waals surface area contributed by atoms with Crippen molar-refractivity contribution >= 4 is 23.3 Å². The van der Waals surface area contributed by atoms with Gasteiger partial charge >= 0.3 is 6.03 Å². The summed E-state index contributed by atoms with van der Waals surface area (Å²) in [4.78, 5) is 36.7. The first-order chi connectivity index (χ1) is 13.4. The van der Waals surface area contributed by atoms with Crippen LogP contribution < -0.4 is 10.6 Å². The summed E-state index contributed by atoms with van der Waals surface area (Å²) in [5, 5.41) is 16.6. The van der Waals surface area contributed by atoms with E-state index < -0.39 is 4.92 Å². The Hall–Kier alpha value is -3.42. The number of hydrogen-bond acceptors (Lipinski definition) is 4. The lowest BCUT2D eigenvalue weighted by molar-refractivity contribution is -0.385. The zero-order chi connectivity index (χ0) is 20.1. The van der Waals surface area contributed by atoms with Gasteiger partial charge in [-0.2, -0.15) is 0 Å². The van der Waals surface area contributed by atoms with E-state index in [-0.39, 0.29) is 24.2 Å². The number of urea groups is 1. The number of nitrogens with zero attached hydrogens (tertiary/aromatic N) is 2. The van der Waals surface area contributed by atoms with Gasteiger partial charge in [0.25, 0.3) is 11.6 Å². The fourth-order valence-corrected chi connectivity index (χ4v) is 3.17. The maximum absolute atomic E-state index is 12.3. The first-order valence-corrected chi connectivity index (χ1v) is 9.12. The largest absolute Gasteiger partial charge is 0.348 e. The maximum Gasteiger partial charge on any atom is 0.321 e. The summed E-state index contributed by atoms with van der Waals surface area (Å²) < 4.78 is 0. The van der Waals surface area contributed by atoms with E-state index in [0.717, 1.165) is 31.5 Å². The number of benzene rings is 2. The fraction of sp³-hybridized carbons (Fsp3) is 0.300. The van der Waals surface area contributed by atoms with Crippen LogP contribution >= 0.6 is 0 Å². The zero-order valence-corrected chi connectivity index (χ0v) is 15.6. The average Bonchev–Trinajstić information content (AvgIpc) is 3.21. The van der Waals surface area contributed by atoms with E-state index in [0.29, 0.717) is 16.8 Å². The molecule has 0 radical (unpaired) electrons. The van der Waals surface area contributed by atoms with Gasteiger partial charge in [-0.3, -0.25) is 14.9 Å². The van der Waals surface area contributed by atoms with Crippen LogP contribution in [0.15, 0.2) is 42.5 Å². The third-order valence-corrected chi connectivity index (χ3v) is 4.68. The molecule has 8 nitrogen and oxygen atoms in total. The summed E-state index contributed by atoms with van der Waals surface area (Å²) in [5.41, 5.74) is 2.30. The standard InChI is InChI=1S/C20H22N4O4/c1-14-11-16(7-8-18(14)24(27)28)19(25)21-13-15-5-4-6-17(12-15)22-20(26)23-9-2-3-10-23/h4-8,11-12H,2-3,9-10,13H2,1H3,(H,21,25)(H,22,26). The fourth-order valence-electron chi connectivity index (χ4n) is 3.17. The summed E-state index contributed by atoms with van der Waals surface area (Å²) in [6.45, 7) is 3.43. The first kappa shape index (κ1) is 19.3. The van der Waals surface area contributed by atoms with E-state index in [2.05, 4.69) is 10.6 Å². The third kappa shape index (κ3) is 4.64. The molecule has 146 valence electrons. The molecule has 2 N–H and O–H groups in total. The van der Waals surface area contributed by atoms with Gasteiger partial charge in [-0.15, -0.1) is 0 Å². The molecule has 1 aliphatic rings. The lowest BCUT2D eigenvalue weighted by Crippen LogP contribution is -2.32. The summed E-state index contributed by atoms with van der Waals surface area (Å²) in [7, 11) is 0. The number of rotatable bonds is 5. The number of carbonyl (C=O) groups excluding carboxylic acids is 2. The van der Waals surface area contributed by atoms with Crippen molar-refractivity contribution in [2.45, 2.75) is 26.3 Å². The second-order valence-electron chi connectivity index (χ2n) is 6.77. The number of likely N-dealkylation sites (tertiary alicyclic amines) is 1. The van der Waals surface area contributed by atoms with E-state index in [9.17, 15) is 19.7 Å². The maximum atomic E-state index is 12.3. The molecule has 3 amide bonds. The highest BCUT2D eigenvalue weighted by molar-refractivity contribution is 5.94. The predicted octanol–water partition coefficient (Wildman–Crippen LogP) is 3.46. The van der Waals surface area contributed by atoms with Crippen molar-refractivity contribution in [3.05, 3.63) is 69.3 Å². The molecule has 1 aliphatic heterocycles. The summed E-state index contributed by atoms with van der Waals surface area (Å²) >= 11 is 0. The van der Waals surface area contributed by atoms with Crippen LogP contribution in [0.4, 0.5) is 16.2 Å². The van der Waals surface area contributed by atoms with Crippen LogP contribution in [-0.4, -0.2) is 34.9 Å². The second-order valence-corrected chi connectivity index (χ2v) is 6.77. The molecule has 0 spiro atoms. The Morgan fingerprint density at radius 3 is 2.57 bits per heavy atom. The molecule has 0 aliphatic carbocycles. The van der Waals surface area contributed by atoms with Crippen molar-refractivity contribution in [2.75, 3.05) is 18.4 Å². The van der Waals surface area contributed by atoms with Crippen LogP contribution in [-0.2, 0) is 6.54 Å². The molecule has 2 aromatic carbocycles. The smallest absolute Gasteiger partial charge is 0.321 e. The number of hydrogen-bond donors (Lipinski definition) is 2. The van der Waals surface area contributed by atoms with Crippen LogP contribution in [0.5, 0.6) is 0 Å². The minimum Gasteiger partial charge on any atom is -0.348 e. The molecule has 1 fully saturated rings. The van der Waals surface area contributed by atoms with Crippen LogP contribution in [0.25, 0.3) is 0 Å². The minimum atomic E-state index is -0.473. The Morgan fingerprint density at radius 1 is 1.14 bits per heavy atom. The third-order valence-electron chi connectivity index (χ3n) is 4.68. The quantitative estimate of drug-likeness (QED) is 0.610. The summed E-state index contributed by atoms with van der Waals surface area (Å²) in [6.07, 6.45) is 2.06. The molecule has 0 atom stereocenters. The lowest BCUT2D eigenvalue weighted by atomic mass is 10.1. The number of nitrogens with one attached hydrogen (secondary N) is 2. The van der Waals surface area contributed by atoms with Gasteiger partial charge in [-0.1, -0.05) is 12.1 Å². The van der Waals surface area contributed by atoms with E-state index in [4.69, 9.17) is 0 Å². The van der Waals surface area contributed by atoms with Crippen LogP contribution in [0.2, 0.25) is 0 Å². The van der Waals surface area contributed by atoms with Crippen LogP contribution in [0.1, 0.15) is 34.3 Å². The number of amides is 3. The molecular weight excluding hydrogens is 360 g/mol. The summed E-state index contributed by atoms with van der Waals surface area (Å²) in [5.74, 6) is -0.315. The first-order valence-electron chi connectivity index (χ1n) is 9.12. The number of nitro groups is 1. The normalized spacial score (nSPS) is 13.2. The Labute approximate surface area is 162 Å². The van der Waals surface area contributed by atoms with Crippen molar-refractivity contribution in [1.29, 1.82) is 0 Å². The van der Waals surface area contributed by atoms with Crippen molar-refractivity contribution in [2.24, 2.45) is 0 Å². The molecule has 0 unspecified atom stereocenters. The van der Waals surface area contributed by atoms with Gasteiger partial charge in [0.1, 0.15) is 0 Å². The molecule has 1 saturated heterocycles. The Balaban J connectivity index is 1.59. The monoisotopic (exact) mass is 382 g/mol. The molecule has 2 aromatic rings. The van der Waals surface area contributed by atoms with Gasteiger partial charge in [0, 0.05) is 42.5 Å². The number of anilines is 1. The topological polar surface area (TPSA) is 105 Å². The van der Waals surface area contributed by atoms with Gasteiger partial charge in [0.2, 0.25) is 0 Å². The van der Waals surface area contributed by atoms with E-state index in [1.54, 1.807) is 17.9 Å². The Bertz CT molecular complexity index is 907. The number of aryl methyl sites for hydroxylation is 1. The lowest BCUT2D eigenvalue weighted by Gasteiger charge is -2.16. The van der Waals surface area contributed by atoms with Crippen molar-refractivity contribution < 1.29 is 14.5 Å². The Kier molecular flexibility index (Phi) is 5.88. The highest BCUT2D eigenvalue weighted by Gasteiger charge is 2.18. The molecular formula is C20H22N4O4. The molecule has 0 bridgehead atoms. The van der Waals surface area contributed by atoms with Crippen molar-refractivity contribution in [3.63, 3.8) is 0 Å². The molecule has 3 rings (SSSR count). The van der Waals surface area contributed by atoms with E-state index >= 15 is 0 Å². The van der Waals surface area contributed by atoms with Gasteiger partial charge in [-0.05, 0) is 49.6 Å². The molecule has 0 aromatic heterocycles. The number of carbonyl (C=O) groups is 2. The second kappa shape index (κ2) is 8.51. The highest BCUT2D eigenvalue weighted by atomic mass is 16.6. The number of nitro benzene ring substituents is 1. The predicted molar refractivity (Wildman–Crippen MR) is 105 cm³/mol. The molecule has 28 heavy (non-hydrogen) atoms. The van der Waals surface area contributed by atoms with Crippen molar-refractivity contribution in [3.8, 4) is 0 Å². The Morgan fingerprint density at radius 2 is 1.89 bits per heavy atom. The van der Waals surface area contributed by atoms with Gasteiger partial charge in [0.05, 0.1) is 4.92 Å².